The van der Waals surface area contributed by atoms with Gasteiger partial charge >= 0.3 is 0 Å². The summed E-state index contributed by atoms with van der Waals surface area (Å²) in [5.41, 5.74) is 1.66. The maximum Gasteiger partial charge on any atom is 0.0438 e. The normalized spacial score (nSPS) is 19.0. The molecular weight excluding hydrogens is 230 g/mol. The van der Waals surface area contributed by atoms with E-state index < -0.39 is 0 Å². The average Bonchev–Trinajstić information content (AvgIpc) is 3.14. The van der Waals surface area contributed by atoms with Crippen LogP contribution in [0.2, 0.25) is 5.02 Å². The fraction of sp³-hybridized carbons (Fsp3) is 0.600. The Labute approximate surface area is 110 Å². The second kappa shape index (κ2) is 5.41. The van der Waals surface area contributed by atoms with E-state index >= 15 is 0 Å². The van der Waals surface area contributed by atoms with E-state index in [2.05, 4.69) is 31.3 Å². The van der Waals surface area contributed by atoms with E-state index in [0.29, 0.717) is 5.41 Å². The molecule has 17 heavy (non-hydrogen) atoms. The summed E-state index contributed by atoms with van der Waals surface area (Å²) in [4.78, 5) is 0. The van der Waals surface area contributed by atoms with Crippen LogP contribution in [0, 0.1) is 11.3 Å². The summed E-state index contributed by atoms with van der Waals surface area (Å²) in [7, 11) is 0. The van der Waals surface area contributed by atoms with E-state index in [-0.39, 0.29) is 0 Å². The van der Waals surface area contributed by atoms with Crippen molar-refractivity contribution in [1.82, 2.24) is 5.32 Å². The molecule has 0 amide bonds. The molecular formula is C15H22ClN. The van der Waals surface area contributed by atoms with E-state index in [1.54, 1.807) is 0 Å². The topological polar surface area (TPSA) is 12.0 Å². The largest absolute Gasteiger partial charge is 0.316 e. The van der Waals surface area contributed by atoms with Crippen LogP contribution in [0.3, 0.4) is 0 Å². The summed E-state index contributed by atoms with van der Waals surface area (Å²) in [6, 6.07) is 8.25. The van der Waals surface area contributed by atoms with Gasteiger partial charge in [-0.05, 0) is 48.8 Å². The third kappa shape index (κ3) is 3.23. The highest BCUT2D eigenvalue weighted by Gasteiger charge is 2.41. The third-order valence-corrected chi connectivity index (χ3v) is 4.26. The lowest BCUT2D eigenvalue weighted by atomic mass is 9.79. The summed E-state index contributed by atoms with van der Waals surface area (Å²) in [6.07, 6.45) is 3.85. The summed E-state index contributed by atoms with van der Waals surface area (Å²) in [6.45, 7) is 6.71. The Kier molecular flexibility index (Phi) is 4.11. The second-order valence-electron chi connectivity index (χ2n) is 5.48. The van der Waals surface area contributed by atoms with Gasteiger partial charge in [-0.1, -0.05) is 43.6 Å². The van der Waals surface area contributed by atoms with Gasteiger partial charge in [-0.3, -0.25) is 0 Å². The van der Waals surface area contributed by atoms with Crippen molar-refractivity contribution in [3.05, 3.63) is 34.9 Å². The summed E-state index contributed by atoms with van der Waals surface area (Å²) in [5.74, 6) is 0.873. The minimum atomic E-state index is 0.362. The van der Waals surface area contributed by atoms with Crippen molar-refractivity contribution in [1.29, 1.82) is 0 Å². The van der Waals surface area contributed by atoms with Gasteiger partial charge in [0.15, 0.2) is 0 Å². The van der Waals surface area contributed by atoms with Crippen LogP contribution in [0.15, 0.2) is 24.3 Å². The molecule has 1 N–H and O–H groups in total. The molecule has 1 nitrogen and oxygen atoms in total. The molecule has 0 aromatic heterocycles. The molecule has 0 heterocycles. The van der Waals surface area contributed by atoms with Crippen molar-refractivity contribution >= 4 is 11.6 Å². The van der Waals surface area contributed by atoms with Crippen molar-refractivity contribution < 1.29 is 0 Å². The molecule has 2 heteroatoms. The Hall–Kier alpha value is -0.530. The highest BCUT2D eigenvalue weighted by atomic mass is 35.5. The van der Waals surface area contributed by atoms with Crippen molar-refractivity contribution in [3.63, 3.8) is 0 Å². The van der Waals surface area contributed by atoms with Crippen LogP contribution in [0.4, 0.5) is 0 Å². The van der Waals surface area contributed by atoms with Crippen molar-refractivity contribution in [2.24, 2.45) is 11.3 Å². The Morgan fingerprint density at radius 2 is 2.06 bits per heavy atom. The van der Waals surface area contributed by atoms with E-state index in [1.165, 1.54) is 18.4 Å². The fourth-order valence-electron chi connectivity index (χ4n) is 2.62. The molecule has 1 unspecified atom stereocenters. The van der Waals surface area contributed by atoms with Crippen LogP contribution in [0.25, 0.3) is 0 Å². The number of halogens is 1. The zero-order chi connectivity index (χ0) is 12.3. The second-order valence-corrected chi connectivity index (χ2v) is 5.88. The van der Waals surface area contributed by atoms with Gasteiger partial charge in [0.05, 0.1) is 0 Å². The Morgan fingerprint density at radius 1 is 1.35 bits per heavy atom. The quantitative estimate of drug-likeness (QED) is 0.809. The van der Waals surface area contributed by atoms with Crippen molar-refractivity contribution in [3.8, 4) is 0 Å². The molecule has 0 radical (unpaired) electrons. The maximum atomic E-state index is 6.27. The minimum Gasteiger partial charge on any atom is -0.316 e. The third-order valence-electron chi connectivity index (χ3n) is 3.89. The Balaban J connectivity index is 2.09. The van der Waals surface area contributed by atoms with Gasteiger partial charge in [-0.15, -0.1) is 0 Å². The van der Waals surface area contributed by atoms with Crippen LogP contribution >= 0.6 is 11.6 Å². The van der Waals surface area contributed by atoms with Crippen LogP contribution in [0.1, 0.15) is 32.3 Å². The molecule has 1 aliphatic rings. The van der Waals surface area contributed by atoms with E-state index in [4.69, 9.17) is 11.6 Å². The Bertz CT molecular complexity index is 373. The molecule has 0 aliphatic heterocycles. The maximum absolute atomic E-state index is 6.27. The van der Waals surface area contributed by atoms with Crippen LogP contribution < -0.4 is 5.32 Å². The first-order valence-corrected chi connectivity index (χ1v) is 6.97. The van der Waals surface area contributed by atoms with Gasteiger partial charge in [-0.25, -0.2) is 0 Å². The molecule has 1 aromatic carbocycles. The predicted molar refractivity (Wildman–Crippen MR) is 74.5 cm³/mol. The number of rotatable bonds is 6. The predicted octanol–water partition coefficient (Wildman–Crippen LogP) is 3.91. The molecule has 2 rings (SSSR count). The van der Waals surface area contributed by atoms with E-state index in [1.807, 2.05) is 12.1 Å². The number of nitrogens with one attached hydrogen (secondary N) is 1. The molecule has 1 saturated carbocycles. The fourth-order valence-corrected chi connectivity index (χ4v) is 2.82. The molecule has 1 atom stereocenters. The standard InChI is InChI=1S/C15H22ClN/c1-3-17-11-15(2,13-8-9-13)10-12-6-4-5-7-14(12)16/h4-7,13,17H,3,8-11H2,1-2H3. The van der Waals surface area contributed by atoms with Crippen LogP contribution in [-0.4, -0.2) is 13.1 Å². The molecule has 94 valence electrons. The van der Waals surface area contributed by atoms with Gasteiger partial charge in [0.25, 0.3) is 0 Å². The average molecular weight is 252 g/mol. The number of hydrogen-bond acceptors (Lipinski definition) is 1. The van der Waals surface area contributed by atoms with Crippen LogP contribution in [0.5, 0.6) is 0 Å². The van der Waals surface area contributed by atoms with Gasteiger partial charge in [0.1, 0.15) is 0 Å². The van der Waals surface area contributed by atoms with Gasteiger partial charge < -0.3 is 5.32 Å². The SMILES string of the molecule is CCNCC(C)(Cc1ccccc1Cl)C1CC1. The van der Waals surface area contributed by atoms with E-state index in [9.17, 15) is 0 Å². The molecule has 0 spiro atoms. The lowest BCUT2D eigenvalue weighted by molar-refractivity contribution is 0.258. The van der Waals surface area contributed by atoms with Gasteiger partial charge in [0, 0.05) is 11.6 Å². The van der Waals surface area contributed by atoms with E-state index in [0.717, 1.165) is 30.5 Å². The molecule has 1 aromatic rings. The highest BCUT2D eigenvalue weighted by Crippen LogP contribution is 2.47. The monoisotopic (exact) mass is 251 g/mol. The van der Waals surface area contributed by atoms with Crippen molar-refractivity contribution in [2.75, 3.05) is 13.1 Å². The lowest BCUT2D eigenvalue weighted by Gasteiger charge is -2.30. The zero-order valence-corrected chi connectivity index (χ0v) is 11.6. The molecule has 0 saturated heterocycles. The first-order chi connectivity index (χ1) is 8.15. The first-order valence-electron chi connectivity index (χ1n) is 6.60. The highest BCUT2D eigenvalue weighted by molar-refractivity contribution is 6.31. The van der Waals surface area contributed by atoms with Gasteiger partial charge in [0.2, 0.25) is 0 Å². The minimum absolute atomic E-state index is 0.362. The summed E-state index contributed by atoms with van der Waals surface area (Å²) >= 11 is 6.27. The lowest BCUT2D eigenvalue weighted by Crippen LogP contribution is -2.35. The molecule has 0 bridgehead atoms. The smallest absolute Gasteiger partial charge is 0.0438 e. The molecule has 1 fully saturated rings. The Morgan fingerprint density at radius 3 is 2.65 bits per heavy atom. The van der Waals surface area contributed by atoms with Crippen molar-refractivity contribution in [2.45, 2.75) is 33.1 Å². The first kappa shape index (κ1) is 12.9. The van der Waals surface area contributed by atoms with Gasteiger partial charge in [-0.2, -0.15) is 0 Å². The summed E-state index contributed by atoms with van der Waals surface area (Å²) < 4.78 is 0. The number of hydrogen-bond donors (Lipinski definition) is 1. The zero-order valence-electron chi connectivity index (χ0n) is 10.8. The number of benzene rings is 1. The van der Waals surface area contributed by atoms with Crippen LogP contribution in [-0.2, 0) is 6.42 Å². The molecule has 1 aliphatic carbocycles. The summed E-state index contributed by atoms with van der Waals surface area (Å²) in [5, 5.41) is 4.42.